The first-order valence-corrected chi connectivity index (χ1v) is 15.6. The molecule has 7 aromatic carbocycles. The number of benzene rings is 7. The molecule has 0 bridgehead atoms. The highest BCUT2D eigenvalue weighted by atomic mass is 16.3. The van der Waals surface area contributed by atoms with Crippen LogP contribution in [0, 0.1) is 0 Å². The van der Waals surface area contributed by atoms with E-state index in [4.69, 9.17) is 9.40 Å². The summed E-state index contributed by atoms with van der Waals surface area (Å²) in [6, 6.07) is 57.9. The van der Waals surface area contributed by atoms with Crippen molar-refractivity contribution < 1.29 is 4.42 Å². The first kappa shape index (κ1) is 26.2. The maximum Gasteiger partial charge on any atom is 0.161 e. The van der Waals surface area contributed by atoms with Gasteiger partial charge in [-0.25, -0.2) is 0 Å². The molecule has 9 rings (SSSR count). The lowest BCUT2D eigenvalue weighted by molar-refractivity contribution is 0.671. The van der Waals surface area contributed by atoms with Crippen molar-refractivity contribution in [1.29, 1.82) is 0 Å². The summed E-state index contributed by atoms with van der Waals surface area (Å²) in [7, 11) is 0. The molecule has 3 heteroatoms. The number of anilines is 3. The molecule has 0 aliphatic heterocycles. The second kappa shape index (κ2) is 10.8. The Hall–Kier alpha value is -6.19. The molecule has 0 N–H and O–H groups in total. The molecule has 0 saturated carbocycles. The molecule has 2 aromatic heterocycles. The zero-order valence-corrected chi connectivity index (χ0v) is 25.0. The van der Waals surface area contributed by atoms with E-state index in [9.17, 15) is 0 Å². The summed E-state index contributed by atoms with van der Waals surface area (Å²) in [5, 5.41) is 5.63. The van der Waals surface area contributed by atoms with Crippen molar-refractivity contribution in [1.82, 2.24) is 4.98 Å². The first-order chi connectivity index (χ1) is 22.8. The maximum atomic E-state index is 6.44. The average molecular weight is 589 g/mol. The third-order valence-corrected chi connectivity index (χ3v) is 8.93. The van der Waals surface area contributed by atoms with Crippen LogP contribution in [0.3, 0.4) is 0 Å². The Morgan fingerprint density at radius 1 is 0.435 bits per heavy atom. The molecule has 9 aromatic rings. The van der Waals surface area contributed by atoms with Gasteiger partial charge < -0.3 is 9.32 Å². The summed E-state index contributed by atoms with van der Waals surface area (Å²) >= 11 is 0. The van der Waals surface area contributed by atoms with Crippen molar-refractivity contribution in [3.8, 4) is 22.3 Å². The van der Waals surface area contributed by atoms with Crippen molar-refractivity contribution in [3.63, 3.8) is 0 Å². The Kier molecular flexibility index (Phi) is 6.14. The van der Waals surface area contributed by atoms with E-state index in [1.807, 2.05) is 18.3 Å². The van der Waals surface area contributed by atoms with Gasteiger partial charge in [0.15, 0.2) is 5.58 Å². The highest BCUT2D eigenvalue weighted by Crippen LogP contribution is 2.46. The van der Waals surface area contributed by atoms with Crippen LogP contribution in [0.4, 0.5) is 17.1 Å². The van der Waals surface area contributed by atoms with Crippen molar-refractivity contribution in [2.24, 2.45) is 0 Å². The Morgan fingerprint density at radius 2 is 1.11 bits per heavy atom. The summed E-state index contributed by atoms with van der Waals surface area (Å²) in [4.78, 5) is 7.26. The number of rotatable bonds is 5. The molecular weight excluding hydrogens is 560 g/mol. The third-order valence-electron chi connectivity index (χ3n) is 8.93. The van der Waals surface area contributed by atoms with Gasteiger partial charge in [0, 0.05) is 33.6 Å². The lowest BCUT2D eigenvalue weighted by Gasteiger charge is -2.29. The Morgan fingerprint density at radius 3 is 2.00 bits per heavy atom. The highest BCUT2D eigenvalue weighted by molar-refractivity contribution is 6.16. The Bertz CT molecular complexity index is 2530. The number of hydrogen-bond donors (Lipinski definition) is 0. The molecule has 0 radical (unpaired) electrons. The van der Waals surface area contributed by atoms with Crippen LogP contribution in [0.5, 0.6) is 0 Å². The zero-order valence-electron chi connectivity index (χ0n) is 25.0. The van der Waals surface area contributed by atoms with E-state index in [0.29, 0.717) is 0 Å². The summed E-state index contributed by atoms with van der Waals surface area (Å²) in [5.41, 5.74) is 10.4. The van der Waals surface area contributed by atoms with Gasteiger partial charge in [-0.2, -0.15) is 0 Å². The number of fused-ring (bicyclic) bond motifs is 6. The lowest BCUT2D eigenvalue weighted by atomic mass is 9.95. The molecule has 0 aliphatic carbocycles. The van der Waals surface area contributed by atoms with E-state index in [1.54, 1.807) is 0 Å². The highest BCUT2D eigenvalue weighted by Gasteiger charge is 2.22. The lowest BCUT2D eigenvalue weighted by Crippen LogP contribution is -2.12. The second-order valence-electron chi connectivity index (χ2n) is 11.6. The third kappa shape index (κ3) is 4.25. The quantitative estimate of drug-likeness (QED) is 0.200. The van der Waals surface area contributed by atoms with Crippen LogP contribution in [0.1, 0.15) is 0 Å². The summed E-state index contributed by atoms with van der Waals surface area (Å²) in [6.45, 7) is 0. The van der Waals surface area contributed by atoms with Crippen molar-refractivity contribution in [3.05, 3.63) is 170 Å². The molecule has 2 heterocycles. The van der Waals surface area contributed by atoms with Gasteiger partial charge in [0.25, 0.3) is 0 Å². The molecule has 0 fully saturated rings. The Labute approximate surface area is 266 Å². The normalized spacial score (nSPS) is 11.5. The monoisotopic (exact) mass is 588 g/mol. The first-order valence-electron chi connectivity index (χ1n) is 15.6. The SMILES string of the molecule is c1ccc(-c2ccc(N(c3ccccc3-c3cccc4ccccc34)c3ccnc4c3ccc3c5ccccc5oc34)cc2)cc1. The topological polar surface area (TPSA) is 29.3 Å². The molecule has 0 amide bonds. The fourth-order valence-electron chi connectivity index (χ4n) is 6.77. The van der Waals surface area contributed by atoms with Gasteiger partial charge >= 0.3 is 0 Å². The molecule has 0 atom stereocenters. The van der Waals surface area contributed by atoms with Gasteiger partial charge in [0.1, 0.15) is 11.1 Å². The minimum absolute atomic E-state index is 0.808. The van der Waals surface area contributed by atoms with E-state index in [1.165, 1.54) is 27.5 Å². The summed E-state index contributed by atoms with van der Waals surface area (Å²) < 4.78 is 6.44. The van der Waals surface area contributed by atoms with Crippen molar-refractivity contribution >= 4 is 60.7 Å². The Balaban J connectivity index is 1.31. The standard InChI is InChI=1S/C43H28N2O/c1-2-11-29(12-3-1)30-21-23-32(24-22-30)45(39-19-8-6-16-35(39)34-18-10-14-31-13-4-5-15-33(31)34)40-27-28-44-42-38(40)26-25-37-36-17-7-9-20-41(36)46-43(37)42/h1-28H. The van der Waals surface area contributed by atoms with Gasteiger partial charge in [0.2, 0.25) is 0 Å². The van der Waals surface area contributed by atoms with Crippen LogP contribution < -0.4 is 4.90 Å². The number of nitrogens with zero attached hydrogens (tertiary/aromatic N) is 2. The summed E-state index contributed by atoms with van der Waals surface area (Å²) in [5.74, 6) is 0. The molecule has 216 valence electrons. The number of pyridine rings is 1. The fraction of sp³-hybridized carbons (Fsp3) is 0. The molecular formula is C43H28N2O. The van der Waals surface area contributed by atoms with Crippen molar-refractivity contribution in [2.75, 3.05) is 4.90 Å². The van der Waals surface area contributed by atoms with Gasteiger partial charge in [-0.05, 0) is 69.9 Å². The van der Waals surface area contributed by atoms with Crippen LogP contribution in [0.25, 0.3) is 65.9 Å². The molecule has 0 aliphatic rings. The van der Waals surface area contributed by atoms with E-state index in [0.717, 1.165) is 55.5 Å². The molecule has 3 nitrogen and oxygen atoms in total. The molecule has 46 heavy (non-hydrogen) atoms. The van der Waals surface area contributed by atoms with E-state index in [2.05, 4.69) is 157 Å². The number of para-hydroxylation sites is 2. The van der Waals surface area contributed by atoms with Gasteiger partial charge in [0.05, 0.1) is 11.4 Å². The fourth-order valence-corrected chi connectivity index (χ4v) is 6.77. The zero-order chi connectivity index (χ0) is 30.5. The predicted molar refractivity (Wildman–Crippen MR) is 192 cm³/mol. The van der Waals surface area contributed by atoms with E-state index < -0.39 is 0 Å². The molecule has 0 saturated heterocycles. The molecule has 0 spiro atoms. The second-order valence-corrected chi connectivity index (χ2v) is 11.6. The largest absolute Gasteiger partial charge is 0.454 e. The van der Waals surface area contributed by atoms with Crippen LogP contribution in [-0.4, -0.2) is 4.98 Å². The maximum absolute atomic E-state index is 6.44. The number of furan rings is 1. The average Bonchev–Trinajstić information content (AvgIpc) is 3.52. The van der Waals surface area contributed by atoms with Crippen molar-refractivity contribution in [2.45, 2.75) is 0 Å². The van der Waals surface area contributed by atoms with E-state index >= 15 is 0 Å². The van der Waals surface area contributed by atoms with Crippen LogP contribution in [0.2, 0.25) is 0 Å². The minimum Gasteiger partial charge on any atom is -0.454 e. The van der Waals surface area contributed by atoms with Crippen LogP contribution in [0.15, 0.2) is 174 Å². The smallest absolute Gasteiger partial charge is 0.161 e. The van der Waals surface area contributed by atoms with Crippen LogP contribution in [-0.2, 0) is 0 Å². The number of aromatic nitrogens is 1. The number of hydrogen-bond acceptors (Lipinski definition) is 3. The minimum atomic E-state index is 0.808. The van der Waals surface area contributed by atoms with Crippen LogP contribution >= 0.6 is 0 Å². The molecule has 0 unspecified atom stereocenters. The van der Waals surface area contributed by atoms with Gasteiger partial charge in [-0.15, -0.1) is 0 Å². The summed E-state index contributed by atoms with van der Waals surface area (Å²) in [6.07, 6.45) is 1.90. The predicted octanol–water partition coefficient (Wildman–Crippen LogP) is 12.1. The van der Waals surface area contributed by atoms with E-state index in [-0.39, 0.29) is 0 Å². The van der Waals surface area contributed by atoms with Gasteiger partial charge in [-0.1, -0.05) is 121 Å². The van der Waals surface area contributed by atoms with Gasteiger partial charge in [-0.3, -0.25) is 4.98 Å².